The largest absolute Gasteiger partial charge is 0.456 e. The van der Waals surface area contributed by atoms with E-state index in [0.717, 1.165) is 83.0 Å². The molecule has 0 unspecified atom stereocenters. The maximum Gasteiger partial charge on any atom is 0.164 e. The lowest BCUT2D eigenvalue weighted by atomic mass is 9.98. The number of fused-ring (bicyclic) bond motifs is 6. The van der Waals surface area contributed by atoms with Crippen LogP contribution >= 0.6 is 0 Å². The first-order valence-electron chi connectivity index (χ1n) is 20.8. The zero-order valence-corrected chi connectivity index (χ0v) is 33.5. The van der Waals surface area contributed by atoms with Gasteiger partial charge in [0.15, 0.2) is 17.5 Å². The SMILES string of the molecule is c1ccc(-c2cccc(-c3cccc(-c4nc(-c5ccccc5)nc(-c5ccc6c7ccccc7n(-c7cccc(-c8ccc9c(c8)oc8ccccc89)c7)c6c5)n4)c3)c2)cc1. The van der Waals surface area contributed by atoms with Gasteiger partial charge in [0, 0.05) is 43.9 Å². The van der Waals surface area contributed by atoms with E-state index in [2.05, 4.69) is 187 Å². The van der Waals surface area contributed by atoms with E-state index >= 15 is 0 Å². The summed E-state index contributed by atoms with van der Waals surface area (Å²) >= 11 is 0. The van der Waals surface area contributed by atoms with Crippen LogP contribution in [0.4, 0.5) is 0 Å². The van der Waals surface area contributed by atoms with Gasteiger partial charge in [-0.05, 0) is 88.0 Å². The molecule has 0 saturated heterocycles. The molecule has 0 atom stereocenters. The summed E-state index contributed by atoms with van der Waals surface area (Å²) in [5.41, 5.74) is 14.6. The fraction of sp³-hybridized carbons (Fsp3) is 0. The lowest BCUT2D eigenvalue weighted by Gasteiger charge is -2.12. The van der Waals surface area contributed by atoms with Crippen LogP contribution < -0.4 is 0 Å². The van der Waals surface area contributed by atoms with Crippen LogP contribution in [0.1, 0.15) is 0 Å². The molecule has 5 heteroatoms. The molecule has 3 heterocycles. The Morgan fingerprint density at radius 3 is 1.50 bits per heavy atom. The molecule has 12 rings (SSSR count). The maximum atomic E-state index is 6.28. The van der Waals surface area contributed by atoms with Crippen molar-refractivity contribution in [2.45, 2.75) is 0 Å². The van der Waals surface area contributed by atoms with Crippen LogP contribution in [0.2, 0.25) is 0 Å². The first kappa shape index (κ1) is 35.5. The van der Waals surface area contributed by atoms with Crippen molar-refractivity contribution in [1.29, 1.82) is 0 Å². The summed E-state index contributed by atoms with van der Waals surface area (Å²) in [4.78, 5) is 15.5. The molecular weight excluding hydrogens is 757 g/mol. The summed E-state index contributed by atoms with van der Waals surface area (Å²) in [7, 11) is 0. The Labute approximate surface area is 357 Å². The third kappa shape index (κ3) is 6.23. The molecule has 0 spiro atoms. The zero-order valence-electron chi connectivity index (χ0n) is 33.5. The Hall–Kier alpha value is -8.41. The van der Waals surface area contributed by atoms with Gasteiger partial charge in [-0.15, -0.1) is 0 Å². The van der Waals surface area contributed by atoms with Crippen molar-refractivity contribution >= 4 is 43.7 Å². The normalized spacial score (nSPS) is 11.5. The molecule has 0 aliphatic carbocycles. The van der Waals surface area contributed by atoms with E-state index in [9.17, 15) is 0 Å². The molecule has 0 aliphatic rings. The molecule has 5 nitrogen and oxygen atoms in total. The molecule has 9 aromatic carbocycles. The van der Waals surface area contributed by atoms with Crippen LogP contribution in [0.3, 0.4) is 0 Å². The molecule has 0 saturated carbocycles. The van der Waals surface area contributed by atoms with E-state index in [1.165, 1.54) is 16.5 Å². The van der Waals surface area contributed by atoms with Gasteiger partial charge in [-0.1, -0.05) is 164 Å². The molecule has 62 heavy (non-hydrogen) atoms. The number of hydrogen-bond acceptors (Lipinski definition) is 4. The van der Waals surface area contributed by atoms with Crippen molar-refractivity contribution in [2.75, 3.05) is 0 Å². The molecule has 0 N–H and O–H groups in total. The van der Waals surface area contributed by atoms with Crippen molar-refractivity contribution in [2.24, 2.45) is 0 Å². The maximum absolute atomic E-state index is 6.28. The van der Waals surface area contributed by atoms with Gasteiger partial charge < -0.3 is 8.98 Å². The average Bonchev–Trinajstić information content (AvgIpc) is 3.89. The highest BCUT2D eigenvalue weighted by Crippen LogP contribution is 2.38. The van der Waals surface area contributed by atoms with Gasteiger partial charge in [-0.25, -0.2) is 15.0 Å². The molecule has 0 bridgehead atoms. The fourth-order valence-electron chi connectivity index (χ4n) is 8.82. The van der Waals surface area contributed by atoms with Crippen LogP contribution in [-0.2, 0) is 0 Å². The molecule has 290 valence electrons. The summed E-state index contributed by atoms with van der Waals surface area (Å²) in [5, 5.41) is 4.58. The molecule has 3 aromatic heterocycles. The predicted octanol–water partition coefficient (Wildman–Crippen LogP) is 14.9. The minimum Gasteiger partial charge on any atom is -0.456 e. The fourth-order valence-corrected chi connectivity index (χ4v) is 8.82. The van der Waals surface area contributed by atoms with E-state index in [0.29, 0.717) is 17.5 Å². The molecular formula is C57H36N4O. The standard InChI is InChI=1S/C57H36N4O/c1-3-14-37(15-4-1)39-18-11-19-40(32-39)41-20-12-22-44(33-41)56-58-55(38-16-5-2-6-17-38)59-57(60-56)45-29-30-48-47-24-7-9-26-51(47)61(52(48)35-45)46-23-13-21-42(34-46)43-28-31-50-49-25-8-10-27-53(49)62-54(50)36-43/h1-36H. The lowest BCUT2D eigenvalue weighted by Crippen LogP contribution is -2.00. The Bertz CT molecular complexity index is 3640. The van der Waals surface area contributed by atoms with Crippen LogP contribution in [-0.4, -0.2) is 19.5 Å². The average molecular weight is 793 g/mol. The van der Waals surface area contributed by atoms with E-state index in [1.54, 1.807) is 0 Å². The van der Waals surface area contributed by atoms with Gasteiger partial charge in [0.1, 0.15) is 11.2 Å². The minimum atomic E-state index is 0.608. The van der Waals surface area contributed by atoms with Crippen molar-refractivity contribution in [1.82, 2.24) is 19.5 Å². The zero-order chi connectivity index (χ0) is 41.0. The highest BCUT2D eigenvalue weighted by molar-refractivity contribution is 6.10. The number of hydrogen-bond donors (Lipinski definition) is 0. The Kier molecular flexibility index (Phi) is 8.42. The number of nitrogens with zero attached hydrogens (tertiary/aromatic N) is 4. The number of benzene rings is 9. The van der Waals surface area contributed by atoms with Gasteiger partial charge in [0.05, 0.1) is 11.0 Å². The quantitative estimate of drug-likeness (QED) is 0.161. The number of aromatic nitrogens is 4. The first-order valence-corrected chi connectivity index (χ1v) is 20.8. The lowest BCUT2D eigenvalue weighted by molar-refractivity contribution is 0.669. The van der Waals surface area contributed by atoms with Crippen LogP contribution in [0.15, 0.2) is 223 Å². The first-order chi connectivity index (χ1) is 30.7. The molecule has 0 fully saturated rings. The molecule has 0 radical (unpaired) electrons. The van der Waals surface area contributed by atoms with E-state index < -0.39 is 0 Å². The van der Waals surface area contributed by atoms with Gasteiger partial charge in [-0.2, -0.15) is 0 Å². The molecule has 12 aromatic rings. The van der Waals surface area contributed by atoms with Gasteiger partial charge >= 0.3 is 0 Å². The Morgan fingerprint density at radius 1 is 0.274 bits per heavy atom. The summed E-state index contributed by atoms with van der Waals surface area (Å²) in [6.07, 6.45) is 0. The van der Waals surface area contributed by atoms with Gasteiger partial charge in [0.2, 0.25) is 0 Å². The monoisotopic (exact) mass is 792 g/mol. The molecule has 0 amide bonds. The smallest absolute Gasteiger partial charge is 0.164 e. The van der Waals surface area contributed by atoms with Crippen LogP contribution in [0, 0.1) is 0 Å². The molecule has 0 aliphatic heterocycles. The summed E-state index contributed by atoms with van der Waals surface area (Å²) in [6, 6.07) is 76.4. The summed E-state index contributed by atoms with van der Waals surface area (Å²) in [6.45, 7) is 0. The third-order valence-electron chi connectivity index (χ3n) is 11.8. The second-order valence-corrected chi connectivity index (χ2v) is 15.6. The van der Waals surface area contributed by atoms with E-state index in [4.69, 9.17) is 19.4 Å². The Balaban J connectivity index is 0.985. The number of furan rings is 1. The van der Waals surface area contributed by atoms with Gasteiger partial charge in [0.25, 0.3) is 0 Å². The van der Waals surface area contributed by atoms with E-state index in [-0.39, 0.29) is 0 Å². The topological polar surface area (TPSA) is 56.7 Å². The Morgan fingerprint density at radius 2 is 0.742 bits per heavy atom. The highest BCUT2D eigenvalue weighted by atomic mass is 16.3. The van der Waals surface area contributed by atoms with Crippen molar-refractivity contribution in [3.63, 3.8) is 0 Å². The second-order valence-electron chi connectivity index (χ2n) is 15.6. The van der Waals surface area contributed by atoms with Crippen molar-refractivity contribution in [3.05, 3.63) is 218 Å². The predicted molar refractivity (Wildman–Crippen MR) is 254 cm³/mol. The highest BCUT2D eigenvalue weighted by Gasteiger charge is 2.18. The number of rotatable bonds is 7. The van der Waals surface area contributed by atoms with Crippen LogP contribution in [0.25, 0.3) is 117 Å². The van der Waals surface area contributed by atoms with Crippen molar-refractivity contribution < 1.29 is 4.42 Å². The second kappa shape index (κ2) is 14.7. The third-order valence-corrected chi connectivity index (χ3v) is 11.8. The van der Waals surface area contributed by atoms with E-state index in [1.807, 2.05) is 36.4 Å². The van der Waals surface area contributed by atoms with Gasteiger partial charge in [-0.3, -0.25) is 0 Å². The number of para-hydroxylation sites is 2. The van der Waals surface area contributed by atoms with Crippen LogP contribution in [0.5, 0.6) is 0 Å². The summed E-state index contributed by atoms with van der Waals surface area (Å²) < 4.78 is 8.64. The minimum absolute atomic E-state index is 0.608. The summed E-state index contributed by atoms with van der Waals surface area (Å²) in [5.74, 6) is 1.85. The van der Waals surface area contributed by atoms with Crippen molar-refractivity contribution in [3.8, 4) is 73.2 Å².